The van der Waals surface area contributed by atoms with E-state index in [1.807, 2.05) is 13.8 Å². The number of likely N-dealkylation sites (N-methyl/N-ethyl adjacent to an activating group) is 1. The Hall–Kier alpha value is -2.19. The Morgan fingerprint density at radius 3 is 2.18 bits per heavy atom. The van der Waals surface area contributed by atoms with Crippen LogP contribution in [-0.2, 0) is 11.0 Å². The van der Waals surface area contributed by atoms with E-state index in [1.165, 1.54) is 7.05 Å². The molecule has 0 aromatic carbocycles. The highest BCUT2D eigenvalue weighted by molar-refractivity contribution is 5.97. The van der Waals surface area contributed by atoms with Gasteiger partial charge in [0.05, 0.1) is 5.56 Å². The molecule has 9 heteroatoms. The smallest absolute Gasteiger partial charge is 0.357 e. The molecule has 1 atom stereocenters. The van der Waals surface area contributed by atoms with E-state index in [-0.39, 0.29) is 17.4 Å². The number of nitrogens with one attached hydrogen (secondary N) is 2. The van der Waals surface area contributed by atoms with Crippen LogP contribution >= 0.6 is 0 Å². The highest BCUT2D eigenvalue weighted by atomic mass is 19.4. The van der Waals surface area contributed by atoms with Gasteiger partial charge in [0.15, 0.2) is 0 Å². The Labute approximate surface area is 125 Å². The van der Waals surface area contributed by atoms with Crippen LogP contribution in [0.5, 0.6) is 0 Å². The second-order valence-electron chi connectivity index (χ2n) is 5.06. The van der Waals surface area contributed by atoms with Crippen molar-refractivity contribution in [1.29, 1.82) is 0 Å². The lowest BCUT2D eigenvalue weighted by atomic mass is 10.0. The third kappa shape index (κ3) is 4.97. The number of nitrogens with zero attached hydrogens (tertiary/aromatic N) is 2. The van der Waals surface area contributed by atoms with Crippen LogP contribution in [0.3, 0.4) is 0 Å². The fourth-order valence-electron chi connectivity index (χ4n) is 1.71. The molecule has 0 aliphatic rings. The standard InChI is InChI=1S/C13H17F3N4O2/c1-7(2)4-9(11(22)17-3)20-10(21)8-5-18-12(19-6-8)13(14,15)16/h5-7,9H,4H2,1-3H3,(H,17,22)(H,20,21). The number of aromatic nitrogens is 2. The van der Waals surface area contributed by atoms with E-state index in [0.29, 0.717) is 6.42 Å². The second-order valence-corrected chi connectivity index (χ2v) is 5.06. The van der Waals surface area contributed by atoms with Crippen LogP contribution in [0.25, 0.3) is 0 Å². The van der Waals surface area contributed by atoms with Crippen molar-refractivity contribution < 1.29 is 22.8 Å². The van der Waals surface area contributed by atoms with Gasteiger partial charge in [-0.1, -0.05) is 13.8 Å². The molecule has 0 bridgehead atoms. The van der Waals surface area contributed by atoms with Crippen LogP contribution in [0.4, 0.5) is 13.2 Å². The number of hydrogen-bond acceptors (Lipinski definition) is 4. The molecule has 0 fully saturated rings. The van der Waals surface area contributed by atoms with Crippen molar-refractivity contribution in [2.45, 2.75) is 32.5 Å². The SMILES string of the molecule is CNC(=O)C(CC(C)C)NC(=O)c1cnc(C(F)(F)F)nc1. The summed E-state index contributed by atoms with van der Waals surface area (Å²) < 4.78 is 37.0. The third-order valence-corrected chi connectivity index (χ3v) is 2.74. The van der Waals surface area contributed by atoms with E-state index < -0.39 is 23.9 Å². The normalized spacial score (nSPS) is 12.9. The van der Waals surface area contributed by atoms with Gasteiger partial charge in [0.25, 0.3) is 5.91 Å². The predicted molar refractivity (Wildman–Crippen MR) is 71.8 cm³/mol. The molecule has 6 nitrogen and oxygen atoms in total. The molecule has 0 aliphatic carbocycles. The molecule has 0 spiro atoms. The van der Waals surface area contributed by atoms with Gasteiger partial charge in [0.1, 0.15) is 6.04 Å². The summed E-state index contributed by atoms with van der Waals surface area (Å²) in [6, 6.07) is -0.778. The first-order chi connectivity index (χ1) is 10.1. The molecule has 2 N–H and O–H groups in total. The van der Waals surface area contributed by atoms with Gasteiger partial charge in [-0.05, 0) is 12.3 Å². The molecule has 122 valence electrons. The lowest BCUT2D eigenvalue weighted by Gasteiger charge is -2.19. The van der Waals surface area contributed by atoms with Crippen molar-refractivity contribution in [3.05, 3.63) is 23.8 Å². The maximum atomic E-state index is 12.3. The molecule has 2 amide bonds. The Bertz CT molecular complexity index is 529. The van der Waals surface area contributed by atoms with Gasteiger partial charge in [-0.3, -0.25) is 9.59 Å². The summed E-state index contributed by atoms with van der Waals surface area (Å²) in [6.45, 7) is 3.76. The average molecular weight is 318 g/mol. The zero-order chi connectivity index (χ0) is 16.9. The number of alkyl halides is 3. The minimum atomic E-state index is -4.67. The summed E-state index contributed by atoms with van der Waals surface area (Å²) in [5.41, 5.74) is -0.148. The minimum Gasteiger partial charge on any atom is -0.357 e. The Morgan fingerprint density at radius 2 is 1.77 bits per heavy atom. The van der Waals surface area contributed by atoms with E-state index in [9.17, 15) is 22.8 Å². The summed E-state index contributed by atoms with van der Waals surface area (Å²) in [4.78, 5) is 29.9. The average Bonchev–Trinajstić information content (AvgIpc) is 2.44. The van der Waals surface area contributed by atoms with Crippen LogP contribution in [0.1, 0.15) is 36.5 Å². The van der Waals surface area contributed by atoms with Crippen molar-refractivity contribution in [3.63, 3.8) is 0 Å². The molecule has 0 radical (unpaired) electrons. The van der Waals surface area contributed by atoms with E-state index >= 15 is 0 Å². The predicted octanol–water partition coefficient (Wildman–Crippen LogP) is 1.39. The Morgan fingerprint density at radius 1 is 1.23 bits per heavy atom. The van der Waals surface area contributed by atoms with E-state index in [2.05, 4.69) is 20.6 Å². The van der Waals surface area contributed by atoms with E-state index in [1.54, 1.807) is 0 Å². The van der Waals surface area contributed by atoms with Crippen LogP contribution in [0.2, 0.25) is 0 Å². The topological polar surface area (TPSA) is 84.0 Å². The quantitative estimate of drug-likeness (QED) is 0.859. The molecule has 1 aromatic rings. The van der Waals surface area contributed by atoms with Crippen LogP contribution in [0.15, 0.2) is 12.4 Å². The number of rotatable bonds is 5. The summed E-state index contributed by atoms with van der Waals surface area (Å²) in [6.07, 6.45) is -2.72. The largest absolute Gasteiger partial charge is 0.451 e. The van der Waals surface area contributed by atoms with Gasteiger partial charge in [-0.15, -0.1) is 0 Å². The molecule has 22 heavy (non-hydrogen) atoms. The fraction of sp³-hybridized carbons (Fsp3) is 0.538. The van der Waals surface area contributed by atoms with Gasteiger partial charge < -0.3 is 10.6 Å². The first kappa shape index (κ1) is 17.9. The Kier molecular flexibility index (Phi) is 5.84. The Balaban J connectivity index is 2.83. The van der Waals surface area contributed by atoms with Crippen molar-refractivity contribution in [2.24, 2.45) is 5.92 Å². The maximum Gasteiger partial charge on any atom is 0.451 e. The van der Waals surface area contributed by atoms with Crippen LogP contribution < -0.4 is 10.6 Å². The molecule has 0 saturated carbocycles. The highest BCUT2D eigenvalue weighted by Gasteiger charge is 2.34. The van der Waals surface area contributed by atoms with Crippen LogP contribution in [-0.4, -0.2) is 34.9 Å². The number of hydrogen-bond donors (Lipinski definition) is 2. The van der Waals surface area contributed by atoms with E-state index in [4.69, 9.17) is 0 Å². The lowest BCUT2D eigenvalue weighted by Crippen LogP contribution is -2.46. The summed E-state index contributed by atoms with van der Waals surface area (Å²) in [5, 5.41) is 4.88. The number of halogens is 3. The van der Waals surface area contributed by atoms with Gasteiger partial charge in [0.2, 0.25) is 11.7 Å². The number of carbonyl (C=O) groups excluding carboxylic acids is 2. The molecule has 1 aromatic heterocycles. The minimum absolute atomic E-state index is 0.145. The maximum absolute atomic E-state index is 12.3. The zero-order valence-corrected chi connectivity index (χ0v) is 12.4. The van der Waals surface area contributed by atoms with Crippen molar-refractivity contribution >= 4 is 11.8 Å². The number of amides is 2. The third-order valence-electron chi connectivity index (χ3n) is 2.74. The first-order valence-electron chi connectivity index (χ1n) is 6.56. The van der Waals surface area contributed by atoms with E-state index in [0.717, 1.165) is 12.4 Å². The molecular weight excluding hydrogens is 301 g/mol. The summed E-state index contributed by atoms with van der Waals surface area (Å²) in [5.74, 6) is -2.27. The van der Waals surface area contributed by atoms with Gasteiger partial charge in [0, 0.05) is 19.4 Å². The monoisotopic (exact) mass is 318 g/mol. The molecule has 1 rings (SSSR count). The highest BCUT2D eigenvalue weighted by Crippen LogP contribution is 2.25. The molecular formula is C13H17F3N4O2. The van der Waals surface area contributed by atoms with Gasteiger partial charge in [-0.25, -0.2) is 9.97 Å². The lowest BCUT2D eigenvalue weighted by molar-refractivity contribution is -0.145. The van der Waals surface area contributed by atoms with Crippen LogP contribution in [0, 0.1) is 5.92 Å². The fourth-order valence-corrected chi connectivity index (χ4v) is 1.71. The van der Waals surface area contributed by atoms with Crippen molar-refractivity contribution in [1.82, 2.24) is 20.6 Å². The van der Waals surface area contributed by atoms with Gasteiger partial charge >= 0.3 is 6.18 Å². The summed E-state index contributed by atoms with van der Waals surface area (Å²) in [7, 11) is 1.43. The summed E-state index contributed by atoms with van der Waals surface area (Å²) >= 11 is 0. The van der Waals surface area contributed by atoms with Crippen molar-refractivity contribution in [2.75, 3.05) is 7.05 Å². The first-order valence-corrected chi connectivity index (χ1v) is 6.56. The molecule has 0 saturated heterocycles. The molecule has 1 unspecified atom stereocenters. The zero-order valence-electron chi connectivity index (χ0n) is 12.4. The molecule has 0 aliphatic heterocycles. The number of carbonyl (C=O) groups is 2. The van der Waals surface area contributed by atoms with Gasteiger partial charge in [-0.2, -0.15) is 13.2 Å². The molecule has 1 heterocycles. The second kappa shape index (κ2) is 7.19. The van der Waals surface area contributed by atoms with Crippen molar-refractivity contribution in [3.8, 4) is 0 Å².